The number of hydrogen-bond acceptors (Lipinski definition) is 4. The maximum absolute atomic E-state index is 12.8. The van der Waals surface area contributed by atoms with E-state index in [1.165, 1.54) is 0 Å². The second-order valence-electron chi connectivity index (χ2n) is 7.33. The topological polar surface area (TPSA) is 84.9 Å². The maximum Gasteiger partial charge on any atom is 0.326 e. The highest BCUT2D eigenvalue weighted by atomic mass is 35.5. The van der Waals surface area contributed by atoms with Gasteiger partial charge in [0.25, 0.3) is 5.91 Å². The van der Waals surface area contributed by atoms with Crippen LogP contribution in [0.5, 0.6) is 11.5 Å². The largest absolute Gasteiger partial charge is 0.497 e. The number of carbonyl (C=O) groups is 2. The average Bonchev–Trinajstić information content (AvgIpc) is 2.84. The van der Waals surface area contributed by atoms with Crippen LogP contribution >= 0.6 is 23.2 Å². The zero-order chi connectivity index (χ0) is 24.7. The second-order valence-corrected chi connectivity index (χ2v) is 8.28. The van der Waals surface area contributed by atoms with E-state index in [0.29, 0.717) is 17.1 Å². The number of amides is 1. The van der Waals surface area contributed by atoms with Gasteiger partial charge in [0.05, 0.1) is 19.8 Å². The molecule has 0 heterocycles. The molecule has 0 fully saturated rings. The molecule has 3 rings (SSSR count). The fraction of sp³-hybridized carbons (Fsp3) is 0.154. The van der Waals surface area contributed by atoms with Gasteiger partial charge in [-0.2, -0.15) is 0 Å². The van der Waals surface area contributed by atoms with E-state index in [2.05, 4.69) is 5.32 Å². The Kier molecular flexibility index (Phi) is 8.57. The van der Waals surface area contributed by atoms with Crippen LogP contribution in [-0.2, 0) is 16.0 Å². The van der Waals surface area contributed by atoms with Gasteiger partial charge in [-0.15, -0.1) is 0 Å². The molecular formula is C26H23Cl2NO5. The molecular weight excluding hydrogens is 477 g/mol. The molecule has 1 atom stereocenters. The smallest absolute Gasteiger partial charge is 0.326 e. The van der Waals surface area contributed by atoms with Crippen molar-refractivity contribution < 1.29 is 24.2 Å². The van der Waals surface area contributed by atoms with Crippen molar-refractivity contribution in [3.63, 3.8) is 0 Å². The molecule has 1 amide bonds. The Hall–Kier alpha value is -3.48. The number of ether oxygens (including phenoxy) is 2. The molecule has 0 aromatic heterocycles. The number of nitrogens with one attached hydrogen (secondary N) is 1. The monoisotopic (exact) mass is 499 g/mol. The summed E-state index contributed by atoms with van der Waals surface area (Å²) in [5.41, 5.74) is 2.93. The fourth-order valence-corrected chi connectivity index (χ4v) is 3.85. The third-order valence-corrected chi connectivity index (χ3v) is 5.57. The molecule has 0 saturated carbocycles. The number of aliphatic carboxylic acids is 1. The second kappa shape index (κ2) is 11.6. The van der Waals surface area contributed by atoms with Crippen LogP contribution in [0.2, 0.25) is 0 Å². The van der Waals surface area contributed by atoms with E-state index >= 15 is 0 Å². The average molecular weight is 500 g/mol. The van der Waals surface area contributed by atoms with Gasteiger partial charge in [-0.25, -0.2) is 4.79 Å². The van der Waals surface area contributed by atoms with Gasteiger partial charge in [0, 0.05) is 12.0 Å². The Labute approximate surface area is 207 Å². The number of carboxylic acid groups (broad SMARTS) is 1. The molecule has 0 aliphatic heterocycles. The van der Waals surface area contributed by atoms with Crippen LogP contribution in [0.3, 0.4) is 0 Å². The first-order valence-electron chi connectivity index (χ1n) is 10.3. The lowest BCUT2D eigenvalue weighted by atomic mass is 9.99. The van der Waals surface area contributed by atoms with Crippen LogP contribution in [0, 0.1) is 0 Å². The Balaban J connectivity index is 1.80. The Morgan fingerprint density at radius 1 is 0.941 bits per heavy atom. The van der Waals surface area contributed by atoms with E-state index < -0.39 is 17.9 Å². The SMILES string of the molecule is COc1ccc(OC)c(-c2ccc(C[C@H](NC(=O)C(=C(Cl)Cl)c3ccccc3)C(=O)O)cc2)c1. The van der Waals surface area contributed by atoms with Crippen LogP contribution in [0.4, 0.5) is 0 Å². The molecule has 0 radical (unpaired) electrons. The summed E-state index contributed by atoms with van der Waals surface area (Å²) in [7, 11) is 3.18. The van der Waals surface area contributed by atoms with Gasteiger partial charge in [0.15, 0.2) is 0 Å². The molecule has 0 bridgehead atoms. The lowest BCUT2D eigenvalue weighted by Gasteiger charge is -2.17. The third kappa shape index (κ3) is 6.10. The van der Waals surface area contributed by atoms with E-state index in [4.69, 9.17) is 32.7 Å². The molecule has 0 saturated heterocycles. The van der Waals surface area contributed by atoms with Crippen molar-refractivity contribution in [2.24, 2.45) is 0 Å². The highest BCUT2D eigenvalue weighted by Crippen LogP contribution is 2.33. The minimum absolute atomic E-state index is 0.00986. The Bertz CT molecular complexity index is 1190. The van der Waals surface area contributed by atoms with Crippen molar-refractivity contribution in [2.75, 3.05) is 14.2 Å². The number of rotatable bonds is 9. The zero-order valence-electron chi connectivity index (χ0n) is 18.5. The number of carboxylic acids is 1. The highest BCUT2D eigenvalue weighted by Gasteiger charge is 2.24. The molecule has 0 aliphatic rings. The molecule has 0 aliphatic carbocycles. The van der Waals surface area contributed by atoms with Crippen LogP contribution in [-0.4, -0.2) is 37.2 Å². The van der Waals surface area contributed by atoms with Crippen molar-refractivity contribution in [2.45, 2.75) is 12.5 Å². The van der Waals surface area contributed by atoms with Gasteiger partial charge in [0.2, 0.25) is 0 Å². The van der Waals surface area contributed by atoms with E-state index in [1.54, 1.807) is 56.7 Å². The normalized spacial score (nSPS) is 11.3. The lowest BCUT2D eigenvalue weighted by Crippen LogP contribution is -2.42. The zero-order valence-corrected chi connectivity index (χ0v) is 20.1. The number of halogens is 2. The minimum atomic E-state index is -1.18. The fourth-order valence-electron chi connectivity index (χ4n) is 3.46. The molecule has 0 spiro atoms. The van der Waals surface area contributed by atoms with Crippen molar-refractivity contribution in [1.29, 1.82) is 0 Å². The number of benzene rings is 3. The predicted molar refractivity (Wildman–Crippen MR) is 133 cm³/mol. The van der Waals surface area contributed by atoms with Gasteiger partial charge >= 0.3 is 5.97 Å². The van der Waals surface area contributed by atoms with Crippen molar-refractivity contribution in [3.8, 4) is 22.6 Å². The van der Waals surface area contributed by atoms with Gasteiger partial charge in [0.1, 0.15) is 22.0 Å². The third-order valence-electron chi connectivity index (χ3n) is 5.19. The summed E-state index contributed by atoms with van der Waals surface area (Å²) in [6.07, 6.45) is 0.0680. The van der Waals surface area contributed by atoms with Crippen LogP contribution in [0.1, 0.15) is 11.1 Å². The first-order valence-corrected chi connectivity index (χ1v) is 11.0. The molecule has 8 heteroatoms. The van der Waals surface area contributed by atoms with Crippen LogP contribution in [0.25, 0.3) is 16.7 Å². The standard InChI is InChI=1S/C26H23Cl2NO5/c1-33-19-12-13-22(34-2)20(15-19)17-10-8-16(9-11-17)14-21(26(31)32)29-25(30)23(24(27)28)18-6-4-3-5-7-18/h3-13,15,21H,14H2,1-2H3,(H,29,30)(H,31,32)/t21-/m0/s1. The molecule has 0 unspecified atom stereocenters. The van der Waals surface area contributed by atoms with Crippen LogP contribution in [0.15, 0.2) is 77.3 Å². The molecule has 2 N–H and O–H groups in total. The van der Waals surface area contributed by atoms with E-state index in [9.17, 15) is 14.7 Å². The van der Waals surface area contributed by atoms with Crippen molar-refractivity contribution >= 4 is 40.7 Å². The number of hydrogen-bond donors (Lipinski definition) is 2. The first kappa shape index (κ1) is 25.1. The molecule has 6 nitrogen and oxygen atoms in total. The van der Waals surface area contributed by atoms with Crippen molar-refractivity contribution in [3.05, 3.63) is 88.4 Å². The summed E-state index contributed by atoms with van der Waals surface area (Å²) in [5, 5.41) is 12.2. The number of carbonyl (C=O) groups excluding carboxylic acids is 1. The van der Waals surface area contributed by atoms with Gasteiger partial charge < -0.3 is 19.9 Å². The Morgan fingerprint density at radius 2 is 1.62 bits per heavy atom. The molecule has 34 heavy (non-hydrogen) atoms. The minimum Gasteiger partial charge on any atom is -0.497 e. The quantitative estimate of drug-likeness (QED) is 0.388. The first-order chi connectivity index (χ1) is 16.3. The highest BCUT2D eigenvalue weighted by molar-refractivity contribution is 6.61. The summed E-state index contributed by atoms with van der Waals surface area (Å²) < 4.78 is 10.5. The van der Waals surface area contributed by atoms with E-state index in [-0.39, 0.29) is 16.5 Å². The van der Waals surface area contributed by atoms with Gasteiger partial charge in [-0.05, 0) is 34.9 Å². The maximum atomic E-state index is 12.8. The van der Waals surface area contributed by atoms with E-state index in [0.717, 1.165) is 16.7 Å². The van der Waals surface area contributed by atoms with Gasteiger partial charge in [-0.1, -0.05) is 77.8 Å². The summed E-state index contributed by atoms with van der Waals surface area (Å²) in [6.45, 7) is 0. The van der Waals surface area contributed by atoms with Gasteiger partial charge in [-0.3, -0.25) is 4.79 Å². The summed E-state index contributed by atoms with van der Waals surface area (Å²) in [4.78, 5) is 24.7. The molecule has 3 aromatic carbocycles. The van der Waals surface area contributed by atoms with E-state index in [1.807, 2.05) is 30.3 Å². The number of methoxy groups -OCH3 is 2. The predicted octanol–water partition coefficient (Wildman–Crippen LogP) is 5.33. The molecule has 3 aromatic rings. The summed E-state index contributed by atoms with van der Waals surface area (Å²) >= 11 is 11.9. The summed E-state index contributed by atoms with van der Waals surface area (Å²) in [6, 6.07) is 20.2. The molecule has 176 valence electrons. The van der Waals surface area contributed by atoms with Crippen molar-refractivity contribution in [1.82, 2.24) is 5.32 Å². The summed E-state index contributed by atoms with van der Waals surface area (Å²) in [5.74, 6) is -0.475. The Morgan fingerprint density at radius 3 is 2.18 bits per heavy atom. The van der Waals surface area contributed by atoms with Crippen LogP contribution < -0.4 is 14.8 Å². The lowest BCUT2D eigenvalue weighted by molar-refractivity contribution is -0.141.